The Morgan fingerprint density at radius 3 is 2.43 bits per heavy atom. The van der Waals surface area contributed by atoms with Gasteiger partial charge in [0, 0.05) is 16.1 Å². The van der Waals surface area contributed by atoms with Crippen molar-refractivity contribution in [2.45, 2.75) is 17.9 Å². The Hall–Kier alpha value is -1.41. The van der Waals surface area contributed by atoms with Crippen molar-refractivity contribution in [1.29, 1.82) is 0 Å². The zero-order valence-corrected chi connectivity index (χ0v) is 13.2. The molecule has 0 fully saturated rings. The molecule has 0 aliphatic heterocycles. The van der Waals surface area contributed by atoms with Crippen LogP contribution in [0.5, 0.6) is 0 Å². The lowest BCUT2D eigenvalue weighted by atomic mass is 10.1. The number of nitrogens with zero attached hydrogens (tertiary/aromatic N) is 2. The molecule has 112 valence electrons. The highest BCUT2D eigenvalue weighted by atomic mass is 35.5. The van der Waals surface area contributed by atoms with E-state index in [9.17, 15) is 8.42 Å². The van der Waals surface area contributed by atoms with Crippen LogP contribution in [0, 0.1) is 0 Å². The van der Waals surface area contributed by atoms with Crippen LogP contribution in [-0.4, -0.2) is 18.4 Å². The molecule has 1 unspecified atom stereocenters. The van der Waals surface area contributed by atoms with E-state index in [2.05, 4.69) is 14.7 Å². The van der Waals surface area contributed by atoms with E-state index in [-0.39, 0.29) is 10.8 Å². The predicted molar refractivity (Wildman–Crippen MR) is 81.6 cm³/mol. The molecule has 1 atom stereocenters. The van der Waals surface area contributed by atoms with Crippen LogP contribution in [0.2, 0.25) is 10.0 Å². The van der Waals surface area contributed by atoms with Gasteiger partial charge in [-0.3, -0.25) is 0 Å². The van der Waals surface area contributed by atoms with Crippen molar-refractivity contribution in [3.05, 3.63) is 46.2 Å². The fourth-order valence-corrected chi connectivity index (χ4v) is 3.37. The van der Waals surface area contributed by atoms with E-state index in [0.717, 1.165) is 12.4 Å². The van der Waals surface area contributed by atoms with Gasteiger partial charge in [0.2, 0.25) is 16.0 Å². The maximum absolute atomic E-state index is 12.2. The molecular weight excluding hydrogens is 335 g/mol. The van der Waals surface area contributed by atoms with Gasteiger partial charge in [-0.25, -0.2) is 23.1 Å². The average molecular weight is 347 g/mol. The summed E-state index contributed by atoms with van der Waals surface area (Å²) in [5.74, 6) is 0.00254. The van der Waals surface area contributed by atoms with Crippen LogP contribution in [0.1, 0.15) is 18.5 Å². The third-order valence-corrected chi connectivity index (χ3v) is 4.78. The lowest BCUT2D eigenvalue weighted by molar-refractivity contribution is 0.566. The molecule has 3 N–H and O–H groups in total. The van der Waals surface area contributed by atoms with E-state index in [4.69, 9.17) is 28.9 Å². The fraction of sp³-hybridized carbons (Fsp3) is 0.167. The van der Waals surface area contributed by atoms with Gasteiger partial charge < -0.3 is 5.73 Å². The Bertz CT molecular complexity index is 750. The van der Waals surface area contributed by atoms with E-state index in [1.807, 2.05) is 0 Å². The van der Waals surface area contributed by atoms with Crippen molar-refractivity contribution < 1.29 is 8.42 Å². The van der Waals surface area contributed by atoms with Gasteiger partial charge in [-0.15, -0.1) is 0 Å². The molecule has 1 aromatic carbocycles. The number of nitrogen functional groups attached to an aromatic ring is 1. The van der Waals surface area contributed by atoms with Crippen LogP contribution in [0.3, 0.4) is 0 Å². The zero-order valence-electron chi connectivity index (χ0n) is 10.9. The van der Waals surface area contributed by atoms with Gasteiger partial charge in [-0.2, -0.15) is 0 Å². The molecule has 1 aromatic heterocycles. The summed E-state index contributed by atoms with van der Waals surface area (Å²) in [6.07, 6.45) is 2.28. The zero-order chi connectivity index (χ0) is 15.6. The molecule has 2 aromatic rings. The number of rotatable bonds is 4. The summed E-state index contributed by atoms with van der Waals surface area (Å²) >= 11 is 11.9. The predicted octanol–water partition coefficient (Wildman–Crippen LogP) is 2.41. The van der Waals surface area contributed by atoms with Crippen LogP contribution < -0.4 is 10.5 Å². The lowest BCUT2D eigenvalue weighted by Gasteiger charge is -2.16. The minimum Gasteiger partial charge on any atom is -0.368 e. The van der Waals surface area contributed by atoms with Crippen molar-refractivity contribution in [2.24, 2.45) is 0 Å². The van der Waals surface area contributed by atoms with Gasteiger partial charge in [0.05, 0.1) is 12.4 Å². The monoisotopic (exact) mass is 346 g/mol. The first-order valence-corrected chi connectivity index (χ1v) is 8.08. The van der Waals surface area contributed by atoms with Gasteiger partial charge in [0.15, 0.2) is 0 Å². The Balaban J connectivity index is 2.25. The highest BCUT2D eigenvalue weighted by molar-refractivity contribution is 7.89. The molecule has 0 spiro atoms. The molecule has 0 saturated heterocycles. The Morgan fingerprint density at radius 1 is 1.24 bits per heavy atom. The second kappa shape index (κ2) is 6.15. The molecule has 0 saturated carbocycles. The van der Waals surface area contributed by atoms with Gasteiger partial charge in [0.1, 0.15) is 4.90 Å². The first kappa shape index (κ1) is 16.0. The van der Waals surface area contributed by atoms with E-state index >= 15 is 0 Å². The largest absolute Gasteiger partial charge is 0.368 e. The van der Waals surface area contributed by atoms with Crippen molar-refractivity contribution in [3.8, 4) is 0 Å². The molecule has 21 heavy (non-hydrogen) atoms. The third-order valence-electron chi connectivity index (χ3n) is 2.72. The molecular formula is C12H12Cl2N4O2S. The first-order chi connectivity index (χ1) is 9.79. The van der Waals surface area contributed by atoms with E-state index < -0.39 is 16.1 Å². The summed E-state index contributed by atoms with van der Waals surface area (Å²) in [4.78, 5) is 7.24. The number of hydrogen-bond donors (Lipinski definition) is 2. The van der Waals surface area contributed by atoms with E-state index in [0.29, 0.717) is 15.6 Å². The normalized spacial score (nSPS) is 13.1. The third kappa shape index (κ3) is 3.82. The van der Waals surface area contributed by atoms with Crippen molar-refractivity contribution in [3.63, 3.8) is 0 Å². The molecule has 6 nitrogen and oxygen atoms in total. The SMILES string of the molecule is CC(NS(=O)(=O)c1cnc(N)nc1)c1ccc(Cl)cc1Cl. The van der Waals surface area contributed by atoms with Crippen molar-refractivity contribution in [2.75, 3.05) is 5.73 Å². The van der Waals surface area contributed by atoms with E-state index in [1.54, 1.807) is 25.1 Å². The van der Waals surface area contributed by atoms with Gasteiger partial charge in [0.25, 0.3) is 0 Å². The van der Waals surface area contributed by atoms with Crippen LogP contribution in [0.15, 0.2) is 35.5 Å². The molecule has 0 aliphatic carbocycles. The molecule has 0 amide bonds. The number of anilines is 1. The number of nitrogens with one attached hydrogen (secondary N) is 1. The summed E-state index contributed by atoms with van der Waals surface area (Å²) < 4.78 is 26.9. The summed E-state index contributed by atoms with van der Waals surface area (Å²) in [6.45, 7) is 1.67. The topological polar surface area (TPSA) is 98.0 Å². The standard InChI is InChI=1S/C12H12Cl2N4O2S/c1-7(10-3-2-8(13)4-11(10)14)18-21(19,20)9-5-16-12(15)17-6-9/h2-7,18H,1H3,(H2,15,16,17). The van der Waals surface area contributed by atoms with Gasteiger partial charge in [-0.05, 0) is 24.6 Å². The van der Waals surface area contributed by atoms with Gasteiger partial charge in [-0.1, -0.05) is 29.3 Å². The second-order valence-corrected chi connectivity index (χ2v) is 6.84. The molecule has 1 heterocycles. The number of halogens is 2. The Labute approximate surface area is 132 Å². The lowest BCUT2D eigenvalue weighted by Crippen LogP contribution is -2.27. The van der Waals surface area contributed by atoms with Crippen LogP contribution in [-0.2, 0) is 10.0 Å². The highest BCUT2D eigenvalue weighted by Crippen LogP contribution is 2.27. The fourth-order valence-electron chi connectivity index (χ4n) is 1.68. The summed E-state index contributed by atoms with van der Waals surface area (Å²) in [5, 5.41) is 0.858. The summed E-state index contributed by atoms with van der Waals surface area (Å²) in [7, 11) is -3.77. The van der Waals surface area contributed by atoms with Crippen LogP contribution in [0.25, 0.3) is 0 Å². The molecule has 2 rings (SSSR count). The molecule has 0 bridgehead atoms. The number of nitrogens with two attached hydrogens (primary N) is 1. The highest BCUT2D eigenvalue weighted by Gasteiger charge is 2.20. The first-order valence-electron chi connectivity index (χ1n) is 5.84. The number of benzene rings is 1. The minimum absolute atomic E-state index is 0.00254. The number of sulfonamides is 1. The molecule has 9 heteroatoms. The Kier molecular flexibility index (Phi) is 4.67. The number of aromatic nitrogens is 2. The Morgan fingerprint density at radius 2 is 1.86 bits per heavy atom. The van der Waals surface area contributed by atoms with E-state index in [1.165, 1.54) is 0 Å². The average Bonchev–Trinajstić information content (AvgIpc) is 2.38. The smallest absolute Gasteiger partial charge is 0.244 e. The quantitative estimate of drug-likeness (QED) is 0.885. The molecule has 0 radical (unpaired) electrons. The van der Waals surface area contributed by atoms with Crippen molar-refractivity contribution in [1.82, 2.24) is 14.7 Å². The van der Waals surface area contributed by atoms with Gasteiger partial charge >= 0.3 is 0 Å². The second-order valence-electron chi connectivity index (χ2n) is 4.29. The van der Waals surface area contributed by atoms with Crippen LogP contribution in [0.4, 0.5) is 5.95 Å². The maximum atomic E-state index is 12.2. The van der Waals surface area contributed by atoms with Crippen LogP contribution >= 0.6 is 23.2 Å². The summed E-state index contributed by atoms with van der Waals surface area (Å²) in [5.41, 5.74) is 5.94. The summed E-state index contributed by atoms with van der Waals surface area (Å²) in [6, 6.07) is 4.31. The maximum Gasteiger partial charge on any atom is 0.244 e. The number of hydrogen-bond acceptors (Lipinski definition) is 5. The van der Waals surface area contributed by atoms with Crippen molar-refractivity contribution >= 4 is 39.2 Å². The minimum atomic E-state index is -3.77. The molecule has 0 aliphatic rings.